The van der Waals surface area contributed by atoms with Gasteiger partial charge in [0.05, 0.1) is 24.6 Å². The van der Waals surface area contributed by atoms with E-state index in [1.807, 2.05) is 24.3 Å². The monoisotopic (exact) mass is 390 g/mol. The number of aliphatic carboxylic acids is 1. The van der Waals surface area contributed by atoms with E-state index in [1.54, 1.807) is 13.2 Å². The van der Waals surface area contributed by atoms with Crippen LogP contribution in [0.3, 0.4) is 0 Å². The molecule has 27 heavy (non-hydrogen) atoms. The maximum atomic E-state index is 12.9. The molecule has 1 saturated carbocycles. The lowest BCUT2D eigenvalue weighted by atomic mass is 9.82. The molecular weight excluding hydrogens is 368 g/mol. The van der Waals surface area contributed by atoms with Crippen molar-refractivity contribution in [2.24, 2.45) is 23.7 Å². The number of carbonyl (C=O) groups is 2. The molecule has 1 amide bonds. The van der Waals surface area contributed by atoms with Gasteiger partial charge in [0.2, 0.25) is 5.91 Å². The molecule has 4 rings (SSSR count). The molecule has 3 aliphatic rings. The minimum atomic E-state index is -0.872. The second kappa shape index (κ2) is 7.08. The zero-order chi connectivity index (χ0) is 19.1. The molecule has 2 fully saturated rings. The SMILES string of the molecule is COc1ccc(Cl)cc1N1CCC(NC(=O)C2C3C=CC(C3)C2C(=O)O)C1. The van der Waals surface area contributed by atoms with Gasteiger partial charge in [-0.25, -0.2) is 0 Å². The van der Waals surface area contributed by atoms with Crippen LogP contribution < -0.4 is 15.0 Å². The Morgan fingerprint density at radius 1 is 1.26 bits per heavy atom. The summed E-state index contributed by atoms with van der Waals surface area (Å²) >= 11 is 6.13. The highest BCUT2D eigenvalue weighted by atomic mass is 35.5. The number of nitrogens with zero attached hydrogens (tertiary/aromatic N) is 1. The summed E-state index contributed by atoms with van der Waals surface area (Å²) in [5.74, 6) is -1.30. The van der Waals surface area contributed by atoms with Gasteiger partial charge in [-0.1, -0.05) is 23.8 Å². The minimum Gasteiger partial charge on any atom is -0.495 e. The highest BCUT2D eigenvalue weighted by Crippen LogP contribution is 2.48. The van der Waals surface area contributed by atoms with Gasteiger partial charge < -0.3 is 20.1 Å². The molecule has 5 unspecified atom stereocenters. The fourth-order valence-corrected chi connectivity index (χ4v) is 4.99. The number of carboxylic acids is 1. The maximum Gasteiger partial charge on any atom is 0.307 e. The Hall–Kier alpha value is -2.21. The molecule has 0 radical (unpaired) electrons. The van der Waals surface area contributed by atoms with Crippen molar-refractivity contribution in [1.82, 2.24) is 5.32 Å². The third-order valence-corrected chi connectivity index (χ3v) is 6.30. The standard InChI is InChI=1S/C20H23ClN2O4/c1-27-16-5-4-13(21)9-15(16)23-7-6-14(10-23)22-19(24)17-11-2-3-12(8-11)18(17)20(25)26/h2-5,9,11-12,14,17-18H,6-8,10H2,1H3,(H,22,24)(H,25,26). The van der Waals surface area contributed by atoms with Crippen LogP contribution in [0.25, 0.3) is 0 Å². The molecule has 7 heteroatoms. The topological polar surface area (TPSA) is 78.9 Å². The van der Waals surface area contributed by atoms with Crippen LogP contribution in [-0.2, 0) is 9.59 Å². The molecule has 1 aromatic rings. The number of halogens is 1. The zero-order valence-corrected chi connectivity index (χ0v) is 15.9. The van der Waals surface area contributed by atoms with Crippen LogP contribution in [0.1, 0.15) is 12.8 Å². The number of hydrogen-bond acceptors (Lipinski definition) is 4. The van der Waals surface area contributed by atoms with E-state index in [0.29, 0.717) is 11.6 Å². The van der Waals surface area contributed by atoms with E-state index in [2.05, 4.69) is 10.2 Å². The number of amides is 1. The van der Waals surface area contributed by atoms with Crippen LogP contribution in [0.4, 0.5) is 5.69 Å². The second-order valence-corrected chi connectivity index (χ2v) is 8.03. The number of ether oxygens (including phenoxy) is 1. The molecule has 0 spiro atoms. The summed E-state index contributed by atoms with van der Waals surface area (Å²) in [4.78, 5) is 26.6. The number of hydrogen-bond donors (Lipinski definition) is 2. The van der Waals surface area contributed by atoms with Crippen molar-refractivity contribution < 1.29 is 19.4 Å². The van der Waals surface area contributed by atoms with Crippen LogP contribution in [-0.4, -0.2) is 43.2 Å². The van der Waals surface area contributed by atoms with Gasteiger partial charge in [0.15, 0.2) is 0 Å². The van der Waals surface area contributed by atoms with Crippen molar-refractivity contribution in [2.45, 2.75) is 18.9 Å². The normalized spacial score (nSPS) is 31.3. The summed E-state index contributed by atoms with van der Waals surface area (Å²) in [6.07, 6.45) is 5.53. The molecule has 144 valence electrons. The molecule has 6 nitrogen and oxygen atoms in total. The largest absolute Gasteiger partial charge is 0.495 e. The maximum absolute atomic E-state index is 12.9. The number of allylic oxidation sites excluding steroid dienone is 2. The highest BCUT2D eigenvalue weighted by molar-refractivity contribution is 6.30. The Bertz CT molecular complexity index is 796. The van der Waals surface area contributed by atoms with E-state index in [4.69, 9.17) is 16.3 Å². The molecule has 2 aliphatic carbocycles. The highest BCUT2D eigenvalue weighted by Gasteiger charge is 2.52. The molecular formula is C20H23ClN2O4. The lowest BCUT2D eigenvalue weighted by Gasteiger charge is -2.26. The van der Waals surface area contributed by atoms with Crippen LogP contribution >= 0.6 is 11.6 Å². The molecule has 1 heterocycles. The molecule has 5 atom stereocenters. The van der Waals surface area contributed by atoms with E-state index in [9.17, 15) is 14.7 Å². The summed E-state index contributed by atoms with van der Waals surface area (Å²) in [6, 6.07) is 5.47. The van der Waals surface area contributed by atoms with Gasteiger partial charge in [-0.3, -0.25) is 9.59 Å². The van der Waals surface area contributed by atoms with Crippen molar-refractivity contribution >= 4 is 29.2 Å². The van der Waals surface area contributed by atoms with Crippen molar-refractivity contribution in [2.75, 3.05) is 25.1 Å². The van der Waals surface area contributed by atoms with Gasteiger partial charge in [-0.2, -0.15) is 0 Å². The van der Waals surface area contributed by atoms with Gasteiger partial charge in [-0.15, -0.1) is 0 Å². The molecule has 2 bridgehead atoms. The molecule has 2 N–H and O–H groups in total. The molecule has 0 aromatic heterocycles. The lowest BCUT2D eigenvalue weighted by molar-refractivity contribution is -0.148. The number of rotatable bonds is 5. The Morgan fingerprint density at radius 2 is 2.00 bits per heavy atom. The number of fused-ring (bicyclic) bond motifs is 2. The van der Waals surface area contributed by atoms with Crippen LogP contribution in [0.15, 0.2) is 30.4 Å². The Morgan fingerprint density at radius 3 is 2.70 bits per heavy atom. The Balaban J connectivity index is 1.43. The molecule has 1 aromatic carbocycles. The van der Waals surface area contributed by atoms with Crippen LogP contribution in [0.2, 0.25) is 5.02 Å². The number of nitrogens with one attached hydrogen (secondary N) is 1. The van der Waals surface area contributed by atoms with Gasteiger partial charge in [0, 0.05) is 24.2 Å². The average molecular weight is 391 g/mol. The van der Waals surface area contributed by atoms with E-state index in [-0.39, 0.29) is 23.8 Å². The number of benzene rings is 1. The zero-order valence-electron chi connectivity index (χ0n) is 15.1. The predicted molar refractivity (Wildman–Crippen MR) is 102 cm³/mol. The quantitative estimate of drug-likeness (QED) is 0.755. The van der Waals surface area contributed by atoms with E-state index < -0.39 is 17.8 Å². The minimum absolute atomic E-state index is 0.0148. The Labute approximate surface area is 163 Å². The van der Waals surface area contributed by atoms with Crippen LogP contribution in [0, 0.1) is 23.7 Å². The second-order valence-electron chi connectivity index (χ2n) is 7.59. The number of anilines is 1. The van der Waals surface area contributed by atoms with Crippen LogP contribution in [0.5, 0.6) is 5.75 Å². The van der Waals surface area contributed by atoms with Crippen molar-refractivity contribution in [3.8, 4) is 5.75 Å². The van der Waals surface area contributed by atoms with E-state index in [1.165, 1.54) is 0 Å². The third kappa shape index (κ3) is 3.27. The first-order chi connectivity index (χ1) is 13.0. The summed E-state index contributed by atoms with van der Waals surface area (Å²) < 4.78 is 5.42. The summed E-state index contributed by atoms with van der Waals surface area (Å²) in [5, 5.41) is 13.3. The summed E-state index contributed by atoms with van der Waals surface area (Å²) in [7, 11) is 1.62. The first-order valence-corrected chi connectivity index (χ1v) is 9.65. The molecule has 1 saturated heterocycles. The first kappa shape index (κ1) is 18.2. The smallest absolute Gasteiger partial charge is 0.307 e. The summed E-state index contributed by atoms with van der Waals surface area (Å²) in [5.41, 5.74) is 0.910. The number of carbonyl (C=O) groups excluding carboxylic acids is 1. The fraction of sp³-hybridized carbons (Fsp3) is 0.500. The third-order valence-electron chi connectivity index (χ3n) is 6.06. The fourth-order valence-electron chi connectivity index (χ4n) is 4.82. The van der Waals surface area contributed by atoms with Gasteiger partial charge >= 0.3 is 5.97 Å². The van der Waals surface area contributed by atoms with Crippen molar-refractivity contribution in [1.29, 1.82) is 0 Å². The first-order valence-electron chi connectivity index (χ1n) is 9.28. The lowest BCUT2D eigenvalue weighted by Crippen LogP contribution is -2.45. The summed E-state index contributed by atoms with van der Waals surface area (Å²) in [6.45, 7) is 1.43. The van der Waals surface area contributed by atoms with Crippen molar-refractivity contribution in [3.63, 3.8) is 0 Å². The number of carboxylic acid groups (broad SMARTS) is 1. The van der Waals surface area contributed by atoms with E-state index in [0.717, 1.165) is 30.8 Å². The predicted octanol–water partition coefficient (Wildman–Crippen LogP) is 2.57. The number of methoxy groups -OCH3 is 1. The van der Waals surface area contributed by atoms with Gasteiger partial charge in [0.25, 0.3) is 0 Å². The Kier molecular flexibility index (Phi) is 4.76. The average Bonchev–Trinajstić information content (AvgIpc) is 3.37. The molecule has 1 aliphatic heterocycles. The van der Waals surface area contributed by atoms with Gasteiger partial charge in [0.1, 0.15) is 5.75 Å². The van der Waals surface area contributed by atoms with E-state index >= 15 is 0 Å². The van der Waals surface area contributed by atoms with Gasteiger partial charge in [-0.05, 0) is 42.9 Å². The van der Waals surface area contributed by atoms with Crippen molar-refractivity contribution in [3.05, 3.63) is 35.4 Å².